The van der Waals surface area contributed by atoms with E-state index in [0.29, 0.717) is 29.6 Å². The minimum Gasteiger partial charge on any atom is -0.493 e. The summed E-state index contributed by atoms with van der Waals surface area (Å²) in [5.41, 5.74) is 1.22. The first-order chi connectivity index (χ1) is 15.4. The van der Waals surface area contributed by atoms with Crippen molar-refractivity contribution in [3.63, 3.8) is 0 Å². The zero-order chi connectivity index (χ0) is 23.0. The van der Waals surface area contributed by atoms with Gasteiger partial charge in [-0.3, -0.25) is 4.79 Å². The molecule has 0 radical (unpaired) electrons. The Labute approximate surface area is 186 Å². The minimum absolute atomic E-state index is 0.171. The van der Waals surface area contributed by atoms with Crippen molar-refractivity contribution in [1.82, 2.24) is 0 Å². The van der Waals surface area contributed by atoms with E-state index in [2.05, 4.69) is 0 Å². The number of hydrogen-bond donors (Lipinski definition) is 1. The van der Waals surface area contributed by atoms with Crippen LogP contribution in [0.3, 0.4) is 0 Å². The van der Waals surface area contributed by atoms with Crippen LogP contribution in [-0.4, -0.2) is 58.3 Å². The van der Waals surface area contributed by atoms with E-state index in [1.165, 1.54) is 6.92 Å². The molecule has 172 valence electrons. The fourth-order valence-electron chi connectivity index (χ4n) is 4.91. The molecule has 1 saturated heterocycles. The summed E-state index contributed by atoms with van der Waals surface area (Å²) in [6.07, 6.45) is -0.668. The lowest BCUT2D eigenvalue weighted by Crippen LogP contribution is -2.49. The second-order valence-corrected chi connectivity index (χ2v) is 8.02. The number of hydrogen-bond acceptors (Lipinski definition) is 8. The predicted molar refractivity (Wildman–Crippen MR) is 115 cm³/mol. The zero-order valence-corrected chi connectivity index (χ0v) is 18.8. The second-order valence-electron chi connectivity index (χ2n) is 8.02. The van der Waals surface area contributed by atoms with E-state index >= 15 is 0 Å². The van der Waals surface area contributed by atoms with Gasteiger partial charge in [-0.25, -0.2) is 0 Å². The average molecular weight is 444 g/mol. The highest BCUT2D eigenvalue weighted by atomic mass is 16.6. The Morgan fingerprint density at radius 1 is 0.969 bits per heavy atom. The number of aliphatic hydroxyl groups is 1. The van der Waals surface area contributed by atoms with Crippen molar-refractivity contribution in [2.75, 3.05) is 41.7 Å². The molecule has 1 aliphatic carbocycles. The number of ether oxygens (including phenoxy) is 6. The Hall–Kier alpha value is -2.97. The van der Waals surface area contributed by atoms with Gasteiger partial charge in [-0.1, -0.05) is 6.07 Å². The number of esters is 1. The Bertz CT molecular complexity index is 1020. The molecule has 4 rings (SSSR count). The van der Waals surface area contributed by atoms with Crippen molar-refractivity contribution in [2.24, 2.45) is 5.92 Å². The smallest absolute Gasteiger partial charge is 0.302 e. The van der Waals surface area contributed by atoms with Gasteiger partial charge in [0.15, 0.2) is 23.0 Å². The normalized spacial score (nSPS) is 25.6. The molecule has 0 amide bonds. The fourth-order valence-corrected chi connectivity index (χ4v) is 4.91. The van der Waals surface area contributed by atoms with Crippen LogP contribution in [0.25, 0.3) is 0 Å². The molecule has 1 N–H and O–H groups in total. The SMILES string of the molecule is COc1ccc([C@H]2c3cc(OC)c(OC)cc3[C@@H]3OC[C@H]2[C@]3(O)COC(C)=O)cc1OC. The van der Waals surface area contributed by atoms with Gasteiger partial charge in [0.2, 0.25) is 0 Å². The third-order valence-corrected chi connectivity index (χ3v) is 6.42. The van der Waals surface area contributed by atoms with Crippen LogP contribution in [0.5, 0.6) is 23.0 Å². The van der Waals surface area contributed by atoms with Crippen molar-refractivity contribution in [3.8, 4) is 23.0 Å². The molecule has 2 aromatic carbocycles. The summed E-state index contributed by atoms with van der Waals surface area (Å²) < 4.78 is 33.3. The Morgan fingerprint density at radius 3 is 2.16 bits per heavy atom. The van der Waals surface area contributed by atoms with E-state index in [4.69, 9.17) is 28.4 Å². The highest BCUT2D eigenvalue weighted by Gasteiger charge is 2.59. The maximum Gasteiger partial charge on any atom is 0.302 e. The lowest BCUT2D eigenvalue weighted by atomic mass is 9.64. The quantitative estimate of drug-likeness (QED) is 0.652. The summed E-state index contributed by atoms with van der Waals surface area (Å²) in [6.45, 7) is 1.44. The molecule has 0 aromatic heterocycles. The third kappa shape index (κ3) is 3.43. The number of rotatable bonds is 7. The molecule has 0 unspecified atom stereocenters. The Kier molecular flexibility index (Phi) is 5.92. The highest BCUT2D eigenvalue weighted by Crippen LogP contribution is 2.58. The molecule has 1 aliphatic heterocycles. The highest BCUT2D eigenvalue weighted by molar-refractivity contribution is 5.66. The van der Waals surface area contributed by atoms with E-state index in [1.54, 1.807) is 28.4 Å². The number of fused-ring (bicyclic) bond motifs is 4. The van der Waals surface area contributed by atoms with Crippen LogP contribution in [-0.2, 0) is 14.3 Å². The van der Waals surface area contributed by atoms with Crippen molar-refractivity contribution in [3.05, 3.63) is 47.0 Å². The van der Waals surface area contributed by atoms with Gasteiger partial charge in [-0.2, -0.15) is 0 Å². The van der Waals surface area contributed by atoms with Gasteiger partial charge in [0, 0.05) is 18.8 Å². The van der Waals surface area contributed by atoms with Gasteiger partial charge in [0.05, 0.1) is 35.0 Å². The van der Waals surface area contributed by atoms with Crippen LogP contribution in [0, 0.1) is 5.92 Å². The third-order valence-electron chi connectivity index (χ3n) is 6.42. The molecule has 8 heteroatoms. The summed E-state index contributed by atoms with van der Waals surface area (Å²) in [5.74, 6) is 1.20. The lowest BCUT2D eigenvalue weighted by Gasteiger charge is -2.43. The molecule has 0 saturated carbocycles. The summed E-state index contributed by atoms with van der Waals surface area (Å²) in [4.78, 5) is 11.6. The summed E-state index contributed by atoms with van der Waals surface area (Å²) in [5, 5.41) is 11.8. The summed E-state index contributed by atoms with van der Waals surface area (Å²) >= 11 is 0. The number of carbonyl (C=O) groups is 1. The molecule has 8 nitrogen and oxygen atoms in total. The number of methoxy groups -OCH3 is 4. The van der Waals surface area contributed by atoms with Crippen molar-refractivity contribution < 1.29 is 38.3 Å². The lowest BCUT2D eigenvalue weighted by molar-refractivity contribution is -0.157. The van der Waals surface area contributed by atoms with Gasteiger partial charge < -0.3 is 33.5 Å². The van der Waals surface area contributed by atoms with Crippen LogP contribution < -0.4 is 18.9 Å². The molecule has 32 heavy (non-hydrogen) atoms. The van der Waals surface area contributed by atoms with E-state index in [0.717, 1.165) is 16.7 Å². The average Bonchev–Trinajstić information content (AvgIpc) is 3.03. The summed E-state index contributed by atoms with van der Waals surface area (Å²) in [7, 11) is 6.30. The predicted octanol–water partition coefficient (Wildman–Crippen LogP) is 2.85. The van der Waals surface area contributed by atoms with Gasteiger partial charge in [-0.05, 0) is 41.0 Å². The monoisotopic (exact) mass is 444 g/mol. The Morgan fingerprint density at radius 2 is 1.56 bits per heavy atom. The zero-order valence-electron chi connectivity index (χ0n) is 18.8. The molecule has 2 bridgehead atoms. The van der Waals surface area contributed by atoms with E-state index in [9.17, 15) is 9.90 Å². The van der Waals surface area contributed by atoms with Gasteiger partial charge in [-0.15, -0.1) is 0 Å². The topological polar surface area (TPSA) is 92.7 Å². The molecule has 2 aromatic rings. The van der Waals surface area contributed by atoms with Gasteiger partial charge >= 0.3 is 5.97 Å². The molecule has 4 atom stereocenters. The second kappa shape index (κ2) is 8.52. The minimum atomic E-state index is -1.41. The Balaban J connectivity index is 1.92. The number of carbonyl (C=O) groups excluding carboxylic acids is 1. The molecule has 0 spiro atoms. The fraction of sp³-hybridized carbons (Fsp3) is 0.458. The first-order valence-electron chi connectivity index (χ1n) is 10.3. The van der Waals surface area contributed by atoms with E-state index in [-0.39, 0.29) is 18.4 Å². The van der Waals surface area contributed by atoms with Crippen molar-refractivity contribution in [2.45, 2.75) is 24.5 Å². The maximum absolute atomic E-state index is 11.8. The molecular weight excluding hydrogens is 416 g/mol. The van der Waals surface area contributed by atoms with Crippen LogP contribution >= 0.6 is 0 Å². The molecule has 1 heterocycles. The maximum atomic E-state index is 11.8. The van der Waals surface area contributed by atoms with Crippen LogP contribution in [0.15, 0.2) is 30.3 Å². The van der Waals surface area contributed by atoms with Gasteiger partial charge in [0.1, 0.15) is 18.3 Å². The standard InChI is InChI=1S/C24H28O8/c1-13(25)32-12-24(26)17-11-31-23(24)16-10-21(30-5)20(29-4)9-15(16)22(17)14-6-7-18(27-2)19(8-14)28-3/h6-10,17,22-23,26H,11-12H2,1-5H3/t17-,22+,23+,24-/m1/s1. The van der Waals surface area contributed by atoms with E-state index in [1.807, 2.05) is 30.3 Å². The first-order valence-corrected chi connectivity index (χ1v) is 10.3. The molecular formula is C24H28O8. The number of benzene rings is 2. The van der Waals surface area contributed by atoms with Crippen LogP contribution in [0.4, 0.5) is 0 Å². The summed E-state index contributed by atoms with van der Waals surface area (Å²) in [6, 6.07) is 9.43. The van der Waals surface area contributed by atoms with Crippen LogP contribution in [0.1, 0.15) is 35.6 Å². The van der Waals surface area contributed by atoms with Crippen molar-refractivity contribution >= 4 is 5.97 Å². The van der Waals surface area contributed by atoms with E-state index < -0.39 is 17.7 Å². The van der Waals surface area contributed by atoms with Crippen molar-refractivity contribution in [1.29, 1.82) is 0 Å². The van der Waals surface area contributed by atoms with Gasteiger partial charge in [0.25, 0.3) is 0 Å². The molecule has 1 fully saturated rings. The van der Waals surface area contributed by atoms with Crippen LogP contribution in [0.2, 0.25) is 0 Å². The first kappa shape index (κ1) is 22.2. The largest absolute Gasteiger partial charge is 0.493 e. The molecule has 2 aliphatic rings.